The molecule has 1 aromatic rings. The Balaban J connectivity index is 2.50. The number of nitrogens with zero attached hydrogens (tertiary/aromatic N) is 3. The minimum absolute atomic E-state index is 0.363. The monoisotopic (exact) mass is 210 g/mol. The van der Waals surface area contributed by atoms with Crippen LogP contribution in [-0.4, -0.2) is 15.9 Å². The summed E-state index contributed by atoms with van der Waals surface area (Å²) < 4.78 is 4.15. The SMILES string of the molecule is CCc1nsc(NCC(C)(C)C#N)n1. The lowest BCUT2D eigenvalue weighted by Crippen LogP contribution is -2.20. The molecule has 0 aromatic carbocycles. The van der Waals surface area contributed by atoms with E-state index in [1.807, 2.05) is 20.8 Å². The van der Waals surface area contributed by atoms with Gasteiger partial charge in [-0.25, -0.2) is 4.98 Å². The summed E-state index contributed by atoms with van der Waals surface area (Å²) in [4.78, 5) is 4.25. The van der Waals surface area contributed by atoms with E-state index >= 15 is 0 Å². The number of hydrogen-bond donors (Lipinski definition) is 1. The van der Waals surface area contributed by atoms with Crippen LogP contribution in [0.25, 0.3) is 0 Å². The molecule has 0 aliphatic heterocycles. The maximum Gasteiger partial charge on any atom is 0.202 e. The van der Waals surface area contributed by atoms with E-state index in [0.717, 1.165) is 17.4 Å². The topological polar surface area (TPSA) is 61.6 Å². The van der Waals surface area contributed by atoms with E-state index in [1.165, 1.54) is 11.5 Å². The maximum atomic E-state index is 8.80. The van der Waals surface area contributed by atoms with Gasteiger partial charge >= 0.3 is 0 Å². The van der Waals surface area contributed by atoms with Crippen LogP contribution in [-0.2, 0) is 6.42 Å². The molecule has 0 atom stereocenters. The summed E-state index contributed by atoms with van der Waals surface area (Å²) in [7, 11) is 0. The summed E-state index contributed by atoms with van der Waals surface area (Å²) in [6.07, 6.45) is 0.847. The number of hydrogen-bond acceptors (Lipinski definition) is 5. The highest BCUT2D eigenvalue weighted by Gasteiger charge is 2.16. The van der Waals surface area contributed by atoms with E-state index in [1.54, 1.807) is 0 Å². The van der Waals surface area contributed by atoms with E-state index < -0.39 is 0 Å². The highest BCUT2D eigenvalue weighted by atomic mass is 32.1. The molecule has 0 amide bonds. The lowest BCUT2D eigenvalue weighted by Gasteiger charge is -2.14. The van der Waals surface area contributed by atoms with Gasteiger partial charge in [0.2, 0.25) is 5.13 Å². The summed E-state index contributed by atoms with van der Waals surface area (Å²) in [5.41, 5.74) is -0.363. The van der Waals surface area contributed by atoms with Crippen molar-refractivity contribution in [2.24, 2.45) is 5.41 Å². The molecule has 1 aromatic heterocycles. The first-order valence-electron chi connectivity index (χ1n) is 4.55. The third-order valence-electron chi connectivity index (χ3n) is 1.77. The van der Waals surface area contributed by atoms with Crippen LogP contribution in [0.15, 0.2) is 0 Å². The van der Waals surface area contributed by atoms with Crippen molar-refractivity contribution in [2.75, 3.05) is 11.9 Å². The van der Waals surface area contributed by atoms with Crippen molar-refractivity contribution in [3.63, 3.8) is 0 Å². The number of aryl methyl sites for hydroxylation is 1. The smallest absolute Gasteiger partial charge is 0.202 e. The molecule has 0 saturated carbocycles. The van der Waals surface area contributed by atoms with Crippen LogP contribution in [0.1, 0.15) is 26.6 Å². The number of nitriles is 1. The van der Waals surface area contributed by atoms with Crippen molar-refractivity contribution in [3.8, 4) is 6.07 Å². The zero-order valence-electron chi connectivity index (χ0n) is 8.66. The molecule has 0 aliphatic carbocycles. The van der Waals surface area contributed by atoms with Crippen LogP contribution >= 0.6 is 11.5 Å². The molecule has 1 heterocycles. The number of nitrogens with one attached hydrogen (secondary N) is 1. The molecular formula is C9H14N4S. The molecule has 14 heavy (non-hydrogen) atoms. The summed E-state index contributed by atoms with van der Waals surface area (Å²) in [6.45, 7) is 6.40. The van der Waals surface area contributed by atoms with Gasteiger partial charge in [-0.15, -0.1) is 0 Å². The van der Waals surface area contributed by atoms with Gasteiger partial charge in [-0.3, -0.25) is 0 Å². The quantitative estimate of drug-likeness (QED) is 0.826. The fourth-order valence-electron chi connectivity index (χ4n) is 0.805. The van der Waals surface area contributed by atoms with Gasteiger partial charge in [0.15, 0.2) is 0 Å². The standard InChI is InChI=1S/C9H14N4S/c1-4-7-12-8(14-13-7)11-6-9(2,3)5-10/h4,6H2,1-3H3,(H,11,12,13). The van der Waals surface area contributed by atoms with E-state index in [2.05, 4.69) is 20.7 Å². The predicted molar refractivity (Wildman–Crippen MR) is 57.2 cm³/mol. The largest absolute Gasteiger partial charge is 0.359 e. The minimum atomic E-state index is -0.363. The van der Waals surface area contributed by atoms with Gasteiger partial charge in [0, 0.05) is 24.5 Å². The van der Waals surface area contributed by atoms with E-state index in [9.17, 15) is 0 Å². The summed E-state index contributed by atoms with van der Waals surface area (Å²) in [5, 5.41) is 12.7. The van der Waals surface area contributed by atoms with Gasteiger partial charge in [-0.2, -0.15) is 9.64 Å². The third-order valence-corrected chi connectivity index (χ3v) is 2.48. The number of anilines is 1. The Labute approximate surface area is 88.1 Å². The zero-order chi connectivity index (χ0) is 10.6. The fraction of sp³-hybridized carbons (Fsp3) is 0.667. The highest BCUT2D eigenvalue weighted by Crippen LogP contribution is 2.16. The average molecular weight is 210 g/mol. The first-order valence-corrected chi connectivity index (χ1v) is 5.32. The van der Waals surface area contributed by atoms with Crippen molar-refractivity contribution in [1.82, 2.24) is 9.36 Å². The highest BCUT2D eigenvalue weighted by molar-refractivity contribution is 7.09. The van der Waals surface area contributed by atoms with E-state index in [4.69, 9.17) is 5.26 Å². The third kappa shape index (κ3) is 2.96. The van der Waals surface area contributed by atoms with Crippen LogP contribution in [0.4, 0.5) is 5.13 Å². The van der Waals surface area contributed by atoms with Gasteiger partial charge < -0.3 is 5.32 Å². The number of aromatic nitrogens is 2. The van der Waals surface area contributed by atoms with Gasteiger partial charge in [0.05, 0.1) is 11.5 Å². The van der Waals surface area contributed by atoms with Crippen LogP contribution < -0.4 is 5.32 Å². The maximum absolute atomic E-state index is 8.80. The second-order valence-electron chi connectivity index (χ2n) is 3.72. The van der Waals surface area contributed by atoms with Crippen LogP contribution in [0, 0.1) is 16.7 Å². The van der Waals surface area contributed by atoms with Crippen molar-refractivity contribution >= 4 is 16.7 Å². The van der Waals surface area contributed by atoms with Crippen LogP contribution in [0.5, 0.6) is 0 Å². The predicted octanol–water partition coefficient (Wildman–Crippen LogP) is 2.06. The lowest BCUT2D eigenvalue weighted by molar-refractivity contribution is 0.528. The zero-order valence-corrected chi connectivity index (χ0v) is 9.48. The van der Waals surface area contributed by atoms with E-state index in [0.29, 0.717) is 6.54 Å². The molecule has 5 heteroatoms. The fourth-order valence-corrected chi connectivity index (χ4v) is 1.45. The van der Waals surface area contributed by atoms with Crippen molar-refractivity contribution in [1.29, 1.82) is 5.26 Å². The second-order valence-corrected chi connectivity index (χ2v) is 4.47. The molecule has 0 aliphatic rings. The van der Waals surface area contributed by atoms with Crippen molar-refractivity contribution in [3.05, 3.63) is 5.82 Å². The molecule has 1 N–H and O–H groups in total. The molecule has 0 saturated heterocycles. The van der Waals surface area contributed by atoms with Gasteiger partial charge in [0.25, 0.3) is 0 Å². The normalized spacial score (nSPS) is 11.0. The van der Waals surface area contributed by atoms with E-state index in [-0.39, 0.29) is 5.41 Å². The second kappa shape index (κ2) is 4.38. The minimum Gasteiger partial charge on any atom is -0.359 e. The molecule has 0 bridgehead atoms. The summed E-state index contributed by atoms with van der Waals surface area (Å²) in [5.74, 6) is 0.854. The van der Waals surface area contributed by atoms with Crippen LogP contribution in [0.3, 0.4) is 0 Å². The van der Waals surface area contributed by atoms with Crippen molar-refractivity contribution in [2.45, 2.75) is 27.2 Å². The van der Waals surface area contributed by atoms with Gasteiger partial charge in [-0.1, -0.05) is 6.92 Å². The van der Waals surface area contributed by atoms with Gasteiger partial charge in [-0.05, 0) is 13.8 Å². The Kier molecular flexibility index (Phi) is 3.42. The Morgan fingerprint density at radius 3 is 2.79 bits per heavy atom. The molecule has 76 valence electrons. The Morgan fingerprint density at radius 2 is 2.29 bits per heavy atom. The van der Waals surface area contributed by atoms with Crippen LogP contribution in [0.2, 0.25) is 0 Å². The Hall–Kier alpha value is -1.15. The molecule has 0 unspecified atom stereocenters. The average Bonchev–Trinajstić information content (AvgIpc) is 2.63. The number of rotatable bonds is 4. The first-order chi connectivity index (χ1) is 6.57. The molecule has 0 spiro atoms. The molecule has 0 fully saturated rings. The Bertz CT molecular complexity index is 337. The van der Waals surface area contributed by atoms with Gasteiger partial charge in [0.1, 0.15) is 5.82 Å². The summed E-state index contributed by atoms with van der Waals surface area (Å²) in [6, 6.07) is 2.23. The van der Waals surface area contributed by atoms with Crippen molar-refractivity contribution < 1.29 is 0 Å². The molecular weight excluding hydrogens is 196 g/mol. The lowest BCUT2D eigenvalue weighted by atomic mass is 9.96. The summed E-state index contributed by atoms with van der Waals surface area (Å²) >= 11 is 1.34. The first kappa shape index (κ1) is 10.9. The molecule has 1 rings (SSSR count). The Morgan fingerprint density at radius 1 is 1.57 bits per heavy atom. The molecule has 4 nitrogen and oxygen atoms in total. The molecule has 0 radical (unpaired) electrons.